The fourth-order valence-electron chi connectivity index (χ4n) is 1.41. The number of amidine groups is 1. The summed E-state index contributed by atoms with van der Waals surface area (Å²) in [4.78, 5) is 19.2. The maximum atomic E-state index is 11.4. The molecule has 0 bridgehead atoms. The Labute approximate surface area is 133 Å². The molecule has 5 N–H and O–H groups in total. The van der Waals surface area contributed by atoms with Gasteiger partial charge >= 0.3 is 6.09 Å². The number of carbonyl (C=O) groups excluding carboxylic acids is 1. The van der Waals surface area contributed by atoms with Crippen molar-refractivity contribution in [1.29, 1.82) is 0 Å². The van der Waals surface area contributed by atoms with Crippen LogP contribution in [0.4, 0.5) is 4.79 Å². The summed E-state index contributed by atoms with van der Waals surface area (Å²) in [6.45, 7) is 5.03. The molecule has 0 saturated carbocycles. The number of aromatic nitrogens is 1. The van der Waals surface area contributed by atoms with E-state index >= 15 is 0 Å². The molecule has 8 nitrogen and oxygen atoms in total. The number of nitrogens with zero attached hydrogens (tertiary/aromatic N) is 2. The second-order valence-electron chi connectivity index (χ2n) is 5.56. The van der Waals surface area contributed by atoms with Crippen molar-refractivity contribution in [1.82, 2.24) is 10.3 Å². The Hall–Kier alpha value is -1.71. The average Bonchev–Trinajstić information content (AvgIpc) is 2.86. The molecule has 124 valence electrons. The molecular weight excluding hydrogens is 308 g/mol. The summed E-state index contributed by atoms with van der Waals surface area (Å²) in [5.74, 6) is -0.167. The van der Waals surface area contributed by atoms with Gasteiger partial charge in [-0.1, -0.05) is 0 Å². The normalized spacial score (nSPS) is 15.2. The molecule has 9 heteroatoms. The summed E-state index contributed by atoms with van der Waals surface area (Å²) >= 11 is 1.39. The van der Waals surface area contributed by atoms with Crippen LogP contribution in [-0.2, 0) is 11.2 Å². The first-order valence-electron chi connectivity index (χ1n) is 6.72. The first-order chi connectivity index (χ1) is 10.2. The standard InChI is InChI=1S/C13H22N4O4S/c1-13(2,3)21-12(20)16-7-8(18)11(14)17-9(19)6-10-15-4-5-22-10/h4-5,8-9,18-19H,6-7H2,1-3H3,(H2,14,17)(H,16,20). The molecule has 22 heavy (non-hydrogen) atoms. The van der Waals surface area contributed by atoms with Crippen LogP contribution in [0.2, 0.25) is 0 Å². The lowest BCUT2D eigenvalue weighted by atomic mass is 10.2. The van der Waals surface area contributed by atoms with Crippen molar-refractivity contribution in [2.24, 2.45) is 10.7 Å². The monoisotopic (exact) mass is 330 g/mol. The van der Waals surface area contributed by atoms with Gasteiger partial charge in [0.1, 0.15) is 17.5 Å². The van der Waals surface area contributed by atoms with E-state index in [1.807, 2.05) is 0 Å². The van der Waals surface area contributed by atoms with Gasteiger partial charge < -0.3 is 26.0 Å². The zero-order chi connectivity index (χ0) is 16.8. The Kier molecular flexibility index (Phi) is 6.72. The van der Waals surface area contributed by atoms with Gasteiger partial charge in [0, 0.05) is 18.0 Å². The Morgan fingerprint density at radius 2 is 2.23 bits per heavy atom. The molecule has 2 unspecified atom stereocenters. The summed E-state index contributed by atoms with van der Waals surface area (Å²) in [5, 5.41) is 24.4. The number of alkyl carbamates (subject to hydrolysis) is 1. The Bertz CT molecular complexity index is 499. The van der Waals surface area contributed by atoms with E-state index in [9.17, 15) is 15.0 Å². The summed E-state index contributed by atoms with van der Waals surface area (Å²) in [7, 11) is 0. The maximum absolute atomic E-state index is 11.4. The Balaban J connectivity index is 2.41. The lowest BCUT2D eigenvalue weighted by molar-refractivity contribution is 0.0509. The number of aliphatic hydroxyl groups is 2. The van der Waals surface area contributed by atoms with E-state index in [-0.39, 0.29) is 18.8 Å². The van der Waals surface area contributed by atoms with Gasteiger partial charge in [-0.2, -0.15) is 0 Å². The number of nitrogens with one attached hydrogen (secondary N) is 1. The van der Waals surface area contributed by atoms with Crippen LogP contribution in [0, 0.1) is 0 Å². The number of hydrogen-bond acceptors (Lipinski definition) is 7. The number of thiazole rings is 1. The summed E-state index contributed by atoms with van der Waals surface area (Å²) in [6.07, 6.45) is -1.13. The van der Waals surface area contributed by atoms with E-state index in [0.29, 0.717) is 5.01 Å². The highest BCUT2D eigenvalue weighted by atomic mass is 32.1. The summed E-state index contributed by atoms with van der Waals surface area (Å²) in [5.41, 5.74) is 4.97. The van der Waals surface area contributed by atoms with Crippen molar-refractivity contribution >= 4 is 23.3 Å². The molecule has 1 rings (SSSR count). The topological polar surface area (TPSA) is 130 Å². The molecule has 0 aliphatic heterocycles. The number of hydrogen-bond donors (Lipinski definition) is 4. The molecule has 1 aromatic heterocycles. The number of nitrogens with two attached hydrogens (primary N) is 1. The first kappa shape index (κ1) is 18.3. The van der Waals surface area contributed by atoms with E-state index in [0.717, 1.165) is 0 Å². The van der Waals surface area contributed by atoms with Crippen LogP contribution in [0.25, 0.3) is 0 Å². The minimum absolute atomic E-state index is 0.159. The first-order valence-corrected chi connectivity index (χ1v) is 7.60. The largest absolute Gasteiger partial charge is 0.444 e. The van der Waals surface area contributed by atoms with Gasteiger partial charge in [-0.15, -0.1) is 11.3 Å². The van der Waals surface area contributed by atoms with Crippen LogP contribution in [0.1, 0.15) is 25.8 Å². The van der Waals surface area contributed by atoms with Crippen molar-refractivity contribution in [3.63, 3.8) is 0 Å². The summed E-state index contributed by atoms with van der Waals surface area (Å²) < 4.78 is 5.02. The van der Waals surface area contributed by atoms with Crippen molar-refractivity contribution < 1.29 is 19.7 Å². The number of carbonyl (C=O) groups is 1. The second-order valence-corrected chi connectivity index (χ2v) is 6.54. The van der Waals surface area contributed by atoms with Crippen molar-refractivity contribution in [3.05, 3.63) is 16.6 Å². The van der Waals surface area contributed by atoms with E-state index in [1.54, 1.807) is 32.3 Å². The lowest BCUT2D eigenvalue weighted by Gasteiger charge is -2.20. The average molecular weight is 330 g/mol. The predicted molar refractivity (Wildman–Crippen MR) is 83.7 cm³/mol. The molecule has 0 aliphatic rings. The molecule has 0 saturated heterocycles. The molecule has 0 spiro atoms. The zero-order valence-corrected chi connectivity index (χ0v) is 13.6. The fraction of sp³-hybridized carbons (Fsp3) is 0.615. The zero-order valence-electron chi connectivity index (χ0n) is 12.8. The van der Waals surface area contributed by atoms with Crippen LogP contribution in [0.15, 0.2) is 16.6 Å². The Morgan fingerprint density at radius 3 is 2.77 bits per heavy atom. The molecule has 0 aliphatic carbocycles. The van der Waals surface area contributed by atoms with Gasteiger partial charge in [-0.3, -0.25) is 0 Å². The van der Waals surface area contributed by atoms with E-state index in [2.05, 4.69) is 15.3 Å². The van der Waals surface area contributed by atoms with E-state index < -0.39 is 24.0 Å². The van der Waals surface area contributed by atoms with Crippen LogP contribution in [-0.4, -0.2) is 51.6 Å². The Morgan fingerprint density at radius 1 is 1.55 bits per heavy atom. The van der Waals surface area contributed by atoms with Gasteiger partial charge in [0.25, 0.3) is 0 Å². The highest BCUT2D eigenvalue weighted by molar-refractivity contribution is 7.09. The fourth-order valence-corrected chi connectivity index (χ4v) is 2.06. The molecule has 0 fully saturated rings. The highest BCUT2D eigenvalue weighted by Gasteiger charge is 2.18. The van der Waals surface area contributed by atoms with Crippen LogP contribution in [0.3, 0.4) is 0 Å². The van der Waals surface area contributed by atoms with Crippen LogP contribution >= 0.6 is 11.3 Å². The van der Waals surface area contributed by atoms with Crippen LogP contribution < -0.4 is 11.1 Å². The van der Waals surface area contributed by atoms with Crippen molar-refractivity contribution in [2.45, 2.75) is 45.1 Å². The number of rotatable bonds is 6. The van der Waals surface area contributed by atoms with Gasteiger partial charge in [0.2, 0.25) is 0 Å². The SMILES string of the molecule is CC(C)(C)OC(=O)NCC(O)/C(N)=N/C(O)Cc1nccs1. The van der Waals surface area contributed by atoms with Gasteiger partial charge in [0.05, 0.1) is 11.6 Å². The third-order valence-corrected chi connectivity index (χ3v) is 3.12. The molecule has 0 aromatic carbocycles. The highest BCUT2D eigenvalue weighted by Crippen LogP contribution is 2.08. The molecule has 1 heterocycles. The smallest absolute Gasteiger partial charge is 0.407 e. The van der Waals surface area contributed by atoms with Crippen molar-refractivity contribution in [2.75, 3.05) is 6.54 Å². The van der Waals surface area contributed by atoms with Gasteiger partial charge in [0.15, 0.2) is 6.23 Å². The van der Waals surface area contributed by atoms with E-state index in [4.69, 9.17) is 10.5 Å². The number of aliphatic hydroxyl groups excluding tert-OH is 2. The molecule has 2 atom stereocenters. The van der Waals surface area contributed by atoms with Crippen molar-refractivity contribution in [3.8, 4) is 0 Å². The summed E-state index contributed by atoms with van der Waals surface area (Å²) in [6, 6.07) is 0. The quantitative estimate of drug-likeness (QED) is 0.437. The maximum Gasteiger partial charge on any atom is 0.407 e. The molecule has 0 radical (unpaired) electrons. The molecule has 1 aromatic rings. The van der Waals surface area contributed by atoms with E-state index in [1.165, 1.54) is 11.3 Å². The third-order valence-electron chi connectivity index (χ3n) is 2.32. The lowest BCUT2D eigenvalue weighted by Crippen LogP contribution is -2.42. The number of aliphatic imine (C=N–C) groups is 1. The van der Waals surface area contributed by atoms with Gasteiger partial charge in [-0.05, 0) is 20.8 Å². The number of amides is 1. The predicted octanol–water partition coefficient (Wildman–Crippen LogP) is 0.247. The number of ether oxygens (including phenoxy) is 1. The molecular formula is C13H22N4O4S. The second kappa shape index (κ2) is 8.06. The minimum atomic E-state index is -1.21. The minimum Gasteiger partial charge on any atom is -0.444 e. The molecule has 1 amide bonds. The van der Waals surface area contributed by atoms with Crippen LogP contribution in [0.5, 0.6) is 0 Å². The third kappa shape index (κ3) is 7.34. The van der Waals surface area contributed by atoms with Gasteiger partial charge in [-0.25, -0.2) is 14.8 Å².